The van der Waals surface area contributed by atoms with Crippen molar-refractivity contribution in [3.8, 4) is 6.07 Å². The van der Waals surface area contributed by atoms with Crippen molar-refractivity contribution in [3.63, 3.8) is 0 Å². The second-order valence-corrected chi connectivity index (χ2v) is 11.1. The first kappa shape index (κ1) is 26.7. The summed E-state index contributed by atoms with van der Waals surface area (Å²) >= 11 is 12.6. The summed E-state index contributed by atoms with van der Waals surface area (Å²) in [6, 6.07) is 7.26. The molecule has 38 heavy (non-hydrogen) atoms. The molecule has 1 N–H and O–H groups in total. The largest absolute Gasteiger partial charge is 0.359 e. The number of piperidine rings is 1. The molecule has 9 nitrogen and oxygen atoms in total. The summed E-state index contributed by atoms with van der Waals surface area (Å²) in [5.41, 5.74) is 2.15. The summed E-state index contributed by atoms with van der Waals surface area (Å²) in [6.07, 6.45) is 5.68. The highest BCUT2D eigenvalue weighted by atomic mass is 35.5. The van der Waals surface area contributed by atoms with Crippen LogP contribution < -0.4 is 10.2 Å². The zero-order valence-corrected chi connectivity index (χ0v) is 23.2. The van der Waals surface area contributed by atoms with Crippen LogP contribution in [-0.2, 0) is 4.79 Å². The summed E-state index contributed by atoms with van der Waals surface area (Å²) in [5.74, 6) is 2.17. The second-order valence-electron chi connectivity index (χ2n) is 10.3. The van der Waals surface area contributed by atoms with E-state index < -0.39 is 0 Å². The van der Waals surface area contributed by atoms with E-state index in [2.05, 4.69) is 31.3 Å². The smallest absolute Gasteiger partial charge is 0.219 e. The van der Waals surface area contributed by atoms with Crippen LogP contribution >= 0.6 is 23.2 Å². The van der Waals surface area contributed by atoms with Gasteiger partial charge in [-0.25, -0.2) is 14.6 Å². The number of nitrogens with one attached hydrogen (secondary N) is 1. The van der Waals surface area contributed by atoms with Crippen LogP contribution in [0, 0.1) is 23.2 Å². The molecule has 2 saturated heterocycles. The number of hydrogen-bond acceptors (Lipinski definition) is 7. The van der Waals surface area contributed by atoms with Gasteiger partial charge in [0.15, 0.2) is 11.3 Å². The molecule has 0 spiro atoms. The highest BCUT2D eigenvalue weighted by Gasteiger charge is 2.36. The van der Waals surface area contributed by atoms with Gasteiger partial charge in [-0.3, -0.25) is 4.79 Å². The van der Waals surface area contributed by atoms with Gasteiger partial charge in [-0.15, -0.1) is 0 Å². The predicted molar refractivity (Wildman–Crippen MR) is 148 cm³/mol. The Kier molecular flexibility index (Phi) is 8.03. The monoisotopic (exact) mass is 554 g/mol. The van der Waals surface area contributed by atoms with Crippen LogP contribution in [0.4, 0.5) is 5.82 Å². The lowest BCUT2D eigenvalue weighted by atomic mass is 9.80. The minimum atomic E-state index is -0.255. The van der Waals surface area contributed by atoms with Gasteiger partial charge < -0.3 is 15.1 Å². The third kappa shape index (κ3) is 5.44. The maximum Gasteiger partial charge on any atom is 0.219 e. The van der Waals surface area contributed by atoms with Crippen LogP contribution in [0.25, 0.3) is 11.2 Å². The van der Waals surface area contributed by atoms with Crippen molar-refractivity contribution in [2.45, 2.75) is 38.6 Å². The summed E-state index contributed by atoms with van der Waals surface area (Å²) in [6.45, 7) is 7.03. The molecule has 0 saturated carbocycles. The molecule has 0 radical (unpaired) electrons. The number of hydrogen-bond donors (Lipinski definition) is 1. The van der Waals surface area contributed by atoms with Gasteiger partial charge in [0.1, 0.15) is 17.4 Å². The molecule has 2 aliphatic rings. The van der Waals surface area contributed by atoms with E-state index in [1.54, 1.807) is 30.1 Å². The lowest BCUT2D eigenvalue weighted by Gasteiger charge is -2.47. The molecule has 2 fully saturated rings. The topological polar surface area (TPSA) is 103 Å². The summed E-state index contributed by atoms with van der Waals surface area (Å²) < 4.78 is 1.73. The quantitative estimate of drug-likeness (QED) is 0.443. The molecular formula is C27H32Cl2N8O. The normalized spacial score (nSPS) is 19.2. The molecule has 3 aromatic rings. The Morgan fingerprint density at radius 1 is 1.26 bits per heavy atom. The Hall–Kier alpha value is -2.93. The summed E-state index contributed by atoms with van der Waals surface area (Å²) in [4.78, 5) is 25.8. The molecule has 2 aliphatic heterocycles. The van der Waals surface area contributed by atoms with Crippen molar-refractivity contribution >= 4 is 46.1 Å². The molecule has 11 heteroatoms. The SMILES string of the molecule is CNC(=O)CCCN1CCC[C@H](C2CN(c3cnc4c(C#N)nn(C(C)c5ccc(Cl)cc5Cl)c4n3)C2)C1. The van der Waals surface area contributed by atoms with Crippen molar-refractivity contribution in [2.75, 3.05) is 44.7 Å². The van der Waals surface area contributed by atoms with Gasteiger partial charge in [0.25, 0.3) is 0 Å². The number of aromatic nitrogens is 4. The van der Waals surface area contributed by atoms with Gasteiger partial charge in [0.2, 0.25) is 5.91 Å². The van der Waals surface area contributed by atoms with E-state index in [0.717, 1.165) is 50.5 Å². The molecule has 2 atom stereocenters. The molecule has 4 heterocycles. The van der Waals surface area contributed by atoms with Crippen molar-refractivity contribution in [3.05, 3.63) is 45.7 Å². The van der Waals surface area contributed by atoms with Crippen LogP contribution in [0.1, 0.15) is 49.9 Å². The Balaban J connectivity index is 1.28. The number of anilines is 1. The van der Waals surface area contributed by atoms with E-state index in [0.29, 0.717) is 39.5 Å². The van der Waals surface area contributed by atoms with Crippen molar-refractivity contribution in [1.82, 2.24) is 30.0 Å². The third-order valence-electron chi connectivity index (χ3n) is 7.88. The molecule has 1 amide bonds. The first-order chi connectivity index (χ1) is 18.4. The van der Waals surface area contributed by atoms with Gasteiger partial charge >= 0.3 is 0 Å². The molecular weight excluding hydrogens is 523 g/mol. The number of benzene rings is 1. The Morgan fingerprint density at radius 2 is 2.08 bits per heavy atom. The lowest BCUT2D eigenvalue weighted by Crippen LogP contribution is -2.54. The van der Waals surface area contributed by atoms with E-state index >= 15 is 0 Å². The average molecular weight is 556 g/mol. The number of halogens is 2. The van der Waals surface area contributed by atoms with Crippen LogP contribution in [0.3, 0.4) is 0 Å². The Labute approximate surface area is 232 Å². The van der Waals surface area contributed by atoms with Gasteiger partial charge in [0.05, 0.1) is 12.2 Å². The Morgan fingerprint density at radius 3 is 2.82 bits per heavy atom. The lowest BCUT2D eigenvalue weighted by molar-refractivity contribution is -0.120. The van der Waals surface area contributed by atoms with Gasteiger partial charge in [-0.1, -0.05) is 29.3 Å². The predicted octanol–water partition coefficient (Wildman–Crippen LogP) is 4.29. The summed E-state index contributed by atoms with van der Waals surface area (Å²) in [5, 5.41) is 18.0. The van der Waals surface area contributed by atoms with E-state index in [4.69, 9.17) is 28.2 Å². The number of likely N-dealkylation sites (tertiary alicyclic amines) is 1. The van der Waals surface area contributed by atoms with Crippen molar-refractivity contribution in [1.29, 1.82) is 5.26 Å². The molecule has 1 unspecified atom stereocenters. The van der Waals surface area contributed by atoms with Crippen LogP contribution in [0.2, 0.25) is 10.0 Å². The van der Waals surface area contributed by atoms with E-state index in [9.17, 15) is 10.1 Å². The van der Waals surface area contributed by atoms with Gasteiger partial charge in [-0.2, -0.15) is 10.4 Å². The minimum Gasteiger partial charge on any atom is -0.359 e. The zero-order chi connectivity index (χ0) is 26.8. The number of nitrogens with zero attached hydrogens (tertiary/aromatic N) is 7. The van der Waals surface area contributed by atoms with Crippen LogP contribution in [0.5, 0.6) is 0 Å². The highest BCUT2D eigenvalue weighted by Crippen LogP contribution is 2.35. The number of carbonyl (C=O) groups is 1. The zero-order valence-electron chi connectivity index (χ0n) is 21.7. The first-order valence-electron chi connectivity index (χ1n) is 13.2. The molecule has 200 valence electrons. The van der Waals surface area contributed by atoms with Crippen molar-refractivity contribution in [2.24, 2.45) is 11.8 Å². The van der Waals surface area contributed by atoms with Crippen LogP contribution in [0.15, 0.2) is 24.4 Å². The van der Waals surface area contributed by atoms with E-state index in [1.807, 2.05) is 13.0 Å². The van der Waals surface area contributed by atoms with Crippen molar-refractivity contribution < 1.29 is 4.79 Å². The standard InChI is InChI=1S/C27H32Cl2N8O/c1-17(21-8-7-20(28)11-22(21)29)37-27-26(23(12-30)34-37)32-13-24(33-27)36-15-19(16-36)18-5-3-9-35(14-18)10-4-6-25(38)31-2/h7-8,11,13,17-19H,3-6,9-10,14-16H2,1-2H3,(H,31,38)/t17?,18-/m0/s1. The second kappa shape index (κ2) is 11.4. The first-order valence-corrected chi connectivity index (χ1v) is 13.9. The fourth-order valence-corrected chi connectivity index (χ4v) is 6.20. The molecule has 5 rings (SSSR count). The fraction of sp³-hybridized carbons (Fsp3) is 0.519. The highest BCUT2D eigenvalue weighted by molar-refractivity contribution is 6.35. The van der Waals surface area contributed by atoms with E-state index in [1.165, 1.54) is 12.8 Å². The van der Waals surface area contributed by atoms with Gasteiger partial charge in [-0.05, 0) is 68.8 Å². The average Bonchev–Trinajstić information content (AvgIpc) is 3.26. The third-order valence-corrected chi connectivity index (χ3v) is 8.44. The molecule has 0 bridgehead atoms. The number of fused-ring (bicyclic) bond motifs is 1. The fourth-order valence-electron chi connectivity index (χ4n) is 5.63. The number of rotatable bonds is 8. The van der Waals surface area contributed by atoms with E-state index in [-0.39, 0.29) is 17.6 Å². The molecule has 0 aliphatic carbocycles. The maximum absolute atomic E-state index is 11.5. The van der Waals surface area contributed by atoms with Crippen LogP contribution in [-0.4, -0.2) is 70.3 Å². The number of carbonyl (C=O) groups excluding carboxylic acids is 1. The summed E-state index contributed by atoms with van der Waals surface area (Å²) in [7, 11) is 1.69. The number of nitriles is 1. The molecule has 1 aromatic carbocycles. The number of amides is 1. The Bertz CT molecular complexity index is 1360. The molecule has 2 aromatic heterocycles. The maximum atomic E-state index is 11.5. The van der Waals surface area contributed by atoms with Gasteiger partial charge in [0, 0.05) is 43.1 Å². The minimum absolute atomic E-state index is 0.111.